The number of nitrogens with two attached hydrogens (primary N) is 1. The van der Waals surface area contributed by atoms with Crippen molar-refractivity contribution in [3.8, 4) is 5.75 Å². The summed E-state index contributed by atoms with van der Waals surface area (Å²) in [6.07, 6.45) is 1.20. The van der Waals surface area contributed by atoms with Gasteiger partial charge in [0.05, 0.1) is 12.7 Å². The van der Waals surface area contributed by atoms with Crippen LogP contribution in [-0.4, -0.2) is 45.0 Å². The molecule has 0 aliphatic carbocycles. The Bertz CT molecular complexity index is 487. The van der Waals surface area contributed by atoms with Crippen molar-refractivity contribution in [2.24, 2.45) is 5.73 Å². The van der Waals surface area contributed by atoms with Gasteiger partial charge in [-0.2, -0.15) is 0 Å². The van der Waals surface area contributed by atoms with Crippen LogP contribution in [0, 0.1) is 0 Å². The predicted molar refractivity (Wildman–Crippen MR) is 89.9 cm³/mol. The van der Waals surface area contributed by atoms with Gasteiger partial charge in [-0.05, 0) is 30.5 Å². The first-order valence-electron chi connectivity index (χ1n) is 7.57. The van der Waals surface area contributed by atoms with Gasteiger partial charge in [0.25, 0.3) is 0 Å². The standard InChI is InChI=1S/C16H24N2O4.ClH/c1-20-7-8-21-13-4-2-3-12(9-13)11-18-16(19)15-6-5-14(10-17)22-15;/h2-4,9,14-15H,5-8,10-11,17H2,1H3,(H,18,19);1H/t14-,15+;/m1./s1. The number of benzene rings is 1. The molecule has 1 saturated heterocycles. The molecule has 1 heterocycles. The van der Waals surface area contributed by atoms with E-state index in [1.807, 2.05) is 24.3 Å². The number of hydrogen-bond donors (Lipinski definition) is 2. The third kappa shape index (κ3) is 6.35. The molecule has 1 fully saturated rings. The smallest absolute Gasteiger partial charge is 0.249 e. The molecule has 6 nitrogen and oxygen atoms in total. The van der Waals surface area contributed by atoms with Crippen molar-refractivity contribution < 1.29 is 19.0 Å². The Balaban J connectivity index is 0.00000264. The summed E-state index contributed by atoms with van der Waals surface area (Å²) in [4.78, 5) is 12.1. The number of methoxy groups -OCH3 is 1. The van der Waals surface area contributed by atoms with Crippen molar-refractivity contribution in [1.82, 2.24) is 5.32 Å². The number of amides is 1. The SMILES string of the molecule is COCCOc1cccc(CNC(=O)[C@@H]2CC[C@H](CN)O2)c1.Cl. The van der Waals surface area contributed by atoms with Gasteiger partial charge in [-0.15, -0.1) is 12.4 Å². The van der Waals surface area contributed by atoms with Gasteiger partial charge in [-0.1, -0.05) is 12.1 Å². The van der Waals surface area contributed by atoms with E-state index in [4.69, 9.17) is 19.9 Å². The van der Waals surface area contributed by atoms with E-state index in [1.165, 1.54) is 0 Å². The van der Waals surface area contributed by atoms with Crippen molar-refractivity contribution in [2.75, 3.05) is 26.9 Å². The predicted octanol–water partition coefficient (Wildman–Crippen LogP) is 1.26. The fourth-order valence-corrected chi connectivity index (χ4v) is 2.36. The molecule has 2 atom stereocenters. The summed E-state index contributed by atoms with van der Waals surface area (Å²) in [6, 6.07) is 7.64. The molecule has 0 spiro atoms. The van der Waals surface area contributed by atoms with Crippen molar-refractivity contribution >= 4 is 18.3 Å². The van der Waals surface area contributed by atoms with Gasteiger partial charge >= 0.3 is 0 Å². The maximum Gasteiger partial charge on any atom is 0.249 e. The lowest BCUT2D eigenvalue weighted by Crippen LogP contribution is -2.35. The first-order chi connectivity index (χ1) is 10.7. The lowest BCUT2D eigenvalue weighted by molar-refractivity contribution is -0.132. The van der Waals surface area contributed by atoms with Crippen LogP contribution in [0.5, 0.6) is 5.75 Å². The Labute approximate surface area is 143 Å². The molecule has 2 rings (SSSR count). The zero-order valence-corrected chi connectivity index (χ0v) is 14.1. The highest BCUT2D eigenvalue weighted by Crippen LogP contribution is 2.19. The first kappa shape index (κ1) is 19.7. The van der Waals surface area contributed by atoms with Crippen molar-refractivity contribution in [2.45, 2.75) is 31.6 Å². The monoisotopic (exact) mass is 344 g/mol. The summed E-state index contributed by atoms with van der Waals surface area (Å²) in [5.41, 5.74) is 6.53. The summed E-state index contributed by atoms with van der Waals surface area (Å²) >= 11 is 0. The molecule has 1 aliphatic heterocycles. The Kier molecular flexibility index (Phi) is 8.94. The topological polar surface area (TPSA) is 82.8 Å². The Morgan fingerprint density at radius 1 is 1.39 bits per heavy atom. The number of carbonyl (C=O) groups is 1. The van der Waals surface area contributed by atoms with Crippen LogP contribution in [0.25, 0.3) is 0 Å². The number of nitrogens with one attached hydrogen (secondary N) is 1. The molecule has 7 heteroatoms. The molecule has 0 bridgehead atoms. The van der Waals surface area contributed by atoms with E-state index in [0.717, 1.165) is 24.2 Å². The first-order valence-corrected chi connectivity index (χ1v) is 7.57. The largest absolute Gasteiger partial charge is 0.491 e. The second kappa shape index (κ2) is 10.4. The number of halogens is 1. The highest BCUT2D eigenvalue weighted by Gasteiger charge is 2.29. The van der Waals surface area contributed by atoms with Crippen LogP contribution in [0.3, 0.4) is 0 Å². The molecule has 0 aromatic heterocycles. The molecule has 1 aromatic rings. The molecule has 1 amide bonds. The summed E-state index contributed by atoms with van der Waals surface area (Å²) in [6.45, 7) is 1.96. The maximum atomic E-state index is 12.1. The Morgan fingerprint density at radius 3 is 2.91 bits per heavy atom. The number of carbonyl (C=O) groups excluding carboxylic acids is 1. The third-order valence-electron chi connectivity index (χ3n) is 3.58. The van der Waals surface area contributed by atoms with E-state index in [9.17, 15) is 4.79 Å². The van der Waals surface area contributed by atoms with Crippen LogP contribution in [0.15, 0.2) is 24.3 Å². The molecule has 0 unspecified atom stereocenters. The molecule has 0 saturated carbocycles. The zero-order valence-electron chi connectivity index (χ0n) is 13.3. The molecule has 1 aromatic carbocycles. The minimum Gasteiger partial charge on any atom is -0.491 e. The molecular formula is C16H25ClN2O4. The van der Waals surface area contributed by atoms with Gasteiger partial charge in [-0.25, -0.2) is 0 Å². The van der Waals surface area contributed by atoms with Crippen LogP contribution >= 0.6 is 12.4 Å². The molecule has 23 heavy (non-hydrogen) atoms. The molecule has 1 aliphatic rings. The Morgan fingerprint density at radius 2 is 2.22 bits per heavy atom. The maximum absolute atomic E-state index is 12.1. The summed E-state index contributed by atoms with van der Waals surface area (Å²) in [5.74, 6) is 0.686. The van der Waals surface area contributed by atoms with E-state index in [-0.39, 0.29) is 30.5 Å². The quantitative estimate of drug-likeness (QED) is 0.694. The zero-order chi connectivity index (χ0) is 15.8. The Hall–Kier alpha value is -1.34. The average molecular weight is 345 g/mol. The summed E-state index contributed by atoms with van der Waals surface area (Å²) < 4.78 is 16.1. The molecule has 3 N–H and O–H groups in total. The van der Waals surface area contributed by atoms with Crippen molar-refractivity contribution in [3.63, 3.8) is 0 Å². The minimum absolute atomic E-state index is 0. The summed E-state index contributed by atoms with van der Waals surface area (Å²) in [7, 11) is 1.63. The fraction of sp³-hybridized carbons (Fsp3) is 0.562. The van der Waals surface area contributed by atoms with Crippen molar-refractivity contribution in [3.05, 3.63) is 29.8 Å². The van der Waals surface area contributed by atoms with E-state index >= 15 is 0 Å². The van der Waals surface area contributed by atoms with Gasteiger partial charge in [0.2, 0.25) is 5.91 Å². The van der Waals surface area contributed by atoms with Gasteiger partial charge in [0.1, 0.15) is 18.5 Å². The van der Waals surface area contributed by atoms with Gasteiger partial charge in [0.15, 0.2) is 0 Å². The number of hydrogen-bond acceptors (Lipinski definition) is 5. The second-order valence-corrected chi connectivity index (χ2v) is 5.27. The normalized spacial score (nSPS) is 19.9. The molecular weight excluding hydrogens is 320 g/mol. The minimum atomic E-state index is -0.380. The third-order valence-corrected chi connectivity index (χ3v) is 3.58. The van der Waals surface area contributed by atoms with E-state index in [0.29, 0.717) is 26.3 Å². The molecule has 0 radical (unpaired) electrons. The lowest BCUT2D eigenvalue weighted by atomic mass is 10.1. The van der Waals surface area contributed by atoms with Crippen LogP contribution in [0.4, 0.5) is 0 Å². The van der Waals surface area contributed by atoms with Crippen LogP contribution < -0.4 is 15.8 Å². The summed E-state index contributed by atoms with van der Waals surface area (Å²) in [5, 5.41) is 2.90. The number of ether oxygens (including phenoxy) is 3. The van der Waals surface area contributed by atoms with Crippen LogP contribution in [0.2, 0.25) is 0 Å². The second-order valence-electron chi connectivity index (χ2n) is 5.27. The van der Waals surface area contributed by atoms with Crippen LogP contribution in [-0.2, 0) is 20.8 Å². The molecule has 130 valence electrons. The van der Waals surface area contributed by atoms with E-state index < -0.39 is 0 Å². The highest BCUT2D eigenvalue weighted by atomic mass is 35.5. The number of rotatable bonds is 8. The van der Waals surface area contributed by atoms with Gasteiger partial charge < -0.3 is 25.3 Å². The van der Waals surface area contributed by atoms with E-state index in [1.54, 1.807) is 7.11 Å². The van der Waals surface area contributed by atoms with Gasteiger partial charge in [0, 0.05) is 20.2 Å². The average Bonchev–Trinajstić information content (AvgIpc) is 3.02. The fourth-order valence-electron chi connectivity index (χ4n) is 2.36. The lowest BCUT2D eigenvalue weighted by Gasteiger charge is -2.13. The van der Waals surface area contributed by atoms with Crippen molar-refractivity contribution in [1.29, 1.82) is 0 Å². The van der Waals surface area contributed by atoms with Gasteiger partial charge in [-0.3, -0.25) is 4.79 Å². The van der Waals surface area contributed by atoms with E-state index in [2.05, 4.69) is 5.32 Å². The van der Waals surface area contributed by atoms with Crippen LogP contribution in [0.1, 0.15) is 18.4 Å². The highest BCUT2D eigenvalue weighted by molar-refractivity contribution is 5.85.